The second kappa shape index (κ2) is 4.61. The Bertz CT molecular complexity index is 429. The van der Waals surface area contributed by atoms with E-state index in [4.69, 9.17) is 10.8 Å². The van der Waals surface area contributed by atoms with E-state index in [1.165, 1.54) is 19.1 Å². The zero-order chi connectivity index (χ0) is 11.5. The molecule has 0 saturated carbocycles. The highest BCUT2D eigenvalue weighted by Gasteiger charge is 2.14. The summed E-state index contributed by atoms with van der Waals surface area (Å²) in [4.78, 5) is 0.100. The SMILES string of the molecule is C[C@H](O)CNS(=O)(=O)c1cccc(N)c1. The predicted molar refractivity (Wildman–Crippen MR) is 57.7 cm³/mol. The van der Waals surface area contributed by atoms with Gasteiger partial charge in [-0.15, -0.1) is 0 Å². The van der Waals surface area contributed by atoms with E-state index < -0.39 is 16.1 Å². The molecule has 0 bridgehead atoms. The van der Waals surface area contributed by atoms with Crippen LogP contribution < -0.4 is 10.5 Å². The van der Waals surface area contributed by atoms with Gasteiger partial charge in [0.1, 0.15) is 0 Å². The molecule has 0 radical (unpaired) electrons. The van der Waals surface area contributed by atoms with Crippen molar-refractivity contribution in [2.24, 2.45) is 0 Å². The van der Waals surface area contributed by atoms with E-state index in [1.54, 1.807) is 12.1 Å². The van der Waals surface area contributed by atoms with Gasteiger partial charge < -0.3 is 10.8 Å². The lowest BCUT2D eigenvalue weighted by atomic mass is 10.3. The number of sulfonamides is 1. The number of aliphatic hydroxyl groups excluding tert-OH is 1. The fourth-order valence-electron chi connectivity index (χ4n) is 0.995. The van der Waals surface area contributed by atoms with Crippen molar-refractivity contribution in [3.05, 3.63) is 24.3 Å². The van der Waals surface area contributed by atoms with Crippen LogP contribution in [0.1, 0.15) is 6.92 Å². The topological polar surface area (TPSA) is 92.4 Å². The van der Waals surface area contributed by atoms with E-state index in [2.05, 4.69) is 4.72 Å². The monoisotopic (exact) mass is 230 g/mol. The normalized spacial score (nSPS) is 13.7. The van der Waals surface area contributed by atoms with E-state index in [1.807, 2.05) is 0 Å². The van der Waals surface area contributed by atoms with Crippen LogP contribution in [0.15, 0.2) is 29.2 Å². The minimum Gasteiger partial charge on any atom is -0.399 e. The van der Waals surface area contributed by atoms with Gasteiger partial charge in [-0.05, 0) is 25.1 Å². The number of nitrogen functional groups attached to an aromatic ring is 1. The van der Waals surface area contributed by atoms with Crippen molar-refractivity contribution in [3.8, 4) is 0 Å². The van der Waals surface area contributed by atoms with Crippen molar-refractivity contribution in [2.75, 3.05) is 12.3 Å². The molecule has 0 heterocycles. The number of rotatable bonds is 4. The lowest BCUT2D eigenvalue weighted by Gasteiger charge is -2.08. The van der Waals surface area contributed by atoms with Gasteiger partial charge in [-0.3, -0.25) is 0 Å². The minimum atomic E-state index is -3.57. The molecule has 1 atom stereocenters. The number of benzene rings is 1. The molecule has 6 heteroatoms. The van der Waals surface area contributed by atoms with Gasteiger partial charge in [0.2, 0.25) is 10.0 Å². The first kappa shape index (κ1) is 12.0. The molecule has 1 rings (SSSR count). The summed E-state index contributed by atoms with van der Waals surface area (Å²) in [6, 6.07) is 5.98. The average Bonchev–Trinajstić information content (AvgIpc) is 2.15. The van der Waals surface area contributed by atoms with Gasteiger partial charge in [-0.2, -0.15) is 0 Å². The molecule has 0 aromatic heterocycles. The summed E-state index contributed by atoms with van der Waals surface area (Å²) in [5.41, 5.74) is 5.85. The van der Waals surface area contributed by atoms with Crippen molar-refractivity contribution < 1.29 is 13.5 Å². The molecule has 1 aromatic rings. The van der Waals surface area contributed by atoms with Crippen molar-refractivity contribution >= 4 is 15.7 Å². The lowest BCUT2D eigenvalue weighted by molar-refractivity contribution is 0.198. The summed E-state index contributed by atoms with van der Waals surface area (Å²) in [5.74, 6) is 0. The molecular weight excluding hydrogens is 216 g/mol. The van der Waals surface area contributed by atoms with Gasteiger partial charge >= 0.3 is 0 Å². The van der Waals surface area contributed by atoms with Crippen molar-refractivity contribution in [2.45, 2.75) is 17.9 Å². The van der Waals surface area contributed by atoms with E-state index in [9.17, 15) is 8.42 Å². The van der Waals surface area contributed by atoms with Crippen LogP contribution in [0.2, 0.25) is 0 Å². The maximum absolute atomic E-state index is 11.6. The minimum absolute atomic E-state index is 0.0167. The van der Waals surface area contributed by atoms with Gasteiger partial charge in [0.05, 0.1) is 11.0 Å². The molecule has 4 N–H and O–H groups in total. The van der Waals surface area contributed by atoms with Crippen LogP contribution in [0, 0.1) is 0 Å². The summed E-state index contributed by atoms with van der Waals surface area (Å²) >= 11 is 0. The molecular formula is C9H14N2O3S. The number of nitrogens with one attached hydrogen (secondary N) is 1. The van der Waals surface area contributed by atoms with Crippen LogP contribution in [0.25, 0.3) is 0 Å². The molecule has 0 unspecified atom stereocenters. The van der Waals surface area contributed by atoms with Crippen molar-refractivity contribution in [1.29, 1.82) is 0 Å². The second-order valence-corrected chi connectivity index (χ2v) is 5.04. The molecule has 0 spiro atoms. The number of hydrogen-bond acceptors (Lipinski definition) is 4. The summed E-state index contributed by atoms with van der Waals surface area (Å²) in [5, 5.41) is 8.97. The smallest absolute Gasteiger partial charge is 0.240 e. The Kier molecular flexibility index (Phi) is 3.67. The number of hydrogen-bond donors (Lipinski definition) is 3. The summed E-state index contributed by atoms with van der Waals surface area (Å²) in [6.07, 6.45) is -0.721. The first-order valence-corrected chi connectivity index (χ1v) is 5.93. The lowest BCUT2D eigenvalue weighted by Crippen LogP contribution is -2.30. The van der Waals surface area contributed by atoms with Gasteiger partial charge in [0, 0.05) is 12.2 Å². The predicted octanol–water partition coefficient (Wildman–Crippen LogP) is -0.0721. The van der Waals surface area contributed by atoms with Crippen molar-refractivity contribution in [1.82, 2.24) is 4.72 Å². The number of nitrogens with two attached hydrogens (primary N) is 1. The largest absolute Gasteiger partial charge is 0.399 e. The molecule has 0 aliphatic heterocycles. The molecule has 0 aliphatic carbocycles. The van der Waals surface area contributed by atoms with E-state index in [0.29, 0.717) is 5.69 Å². The van der Waals surface area contributed by atoms with Crippen LogP contribution in [-0.4, -0.2) is 26.2 Å². The fraction of sp³-hybridized carbons (Fsp3) is 0.333. The van der Waals surface area contributed by atoms with Crippen LogP contribution in [0.5, 0.6) is 0 Å². The first-order valence-electron chi connectivity index (χ1n) is 4.45. The van der Waals surface area contributed by atoms with E-state index >= 15 is 0 Å². The Balaban J connectivity index is 2.87. The summed E-state index contributed by atoms with van der Waals surface area (Å²) < 4.78 is 25.5. The quantitative estimate of drug-likeness (QED) is 0.631. The fourth-order valence-corrected chi connectivity index (χ4v) is 2.17. The molecule has 84 valence electrons. The zero-order valence-electron chi connectivity index (χ0n) is 8.34. The van der Waals surface area contributed by atoms with Crippen LogP contribution in [-0.2, 0) is 10.0 Å². The molecule has 5 nitrogen and oxygen atoms in total. The first-order chi connectivity index (χ1) is 6.92. The van der Waals surface area contributed by atoms with E-state index in [0.717, 1.165) is 0 Å². The Hall–Kier alpha value is -1.11. The van der Waals surface area contributed by atoms with Crippen molar-refractivity contribution in [3.63, 3.8) is 0 Å². The molecule has 15 heavy (non-hydrogen) atoms. The number of aliphatic hydroxyl groups is 1. The van der Waals surface area contributed by atoms with E-state index in [-0.39, 0.29) is 11.4 Å². The van der Waals surface area contributed by atoms with Gasteiger partial charge in [-0.25, -0.2) is 13.1 Å². The molecule has 0 fully saturated rings. The van der Waals surface area contributed by atoms with Crippen LogP contribution in [0.4, 0.5) is 5.69 Å². The second-order valence-electron chi connectivity index (χ2n) is 3.27. The number of anilines is 1. The Morgan fingerprint density at radius 1 is 1.53 bits per heavy atom. The highest BCUT2D eigenvalue weighted by Crippen LogP contribution is 2.12. The van der Waals surface area contributed by atoms with Crippen LogP contribution in [0.3, 0.4) is 0 Å². The maximum Gasteiger partial charge on any atom is 0.240 e. The summed E-state index contributed by atoms with van der Waals surface area (Å²) in [7, 11) is -3.57. The molecule has 0 aliphatic rings. The third-order valence-electron chi connectivity index (χ3n) is 1.74. The molecule has 0 amide bonds. The maximum atomic E-state index is 11.6. The average molecular weight is 230 g/mol. The van der Waals surface area contributed by atoms with Gasteiger partial charge in [0.15, 0.2) is 0 Å². The van der Waals surface area contributed by atoms with Gasteiger partial charge in [-0.1, -0.05) is 6.07 Å². The zero-order valence-corrected chi connectivity index (χ0v) is 9.16. The highest BCUT2D eigenvalue weighted by molar-refractivity contribution is 7.89. The molecule has 0 saturated heterocycles. The Morgan fingerprint density at radius 3 is 2.73 bits per heavy atom. The van der Waals surface area contributed by atoms with Crippen LogP contribution >= 0.6 is 0 Å². The summed E-state index contributed by atoms with van der Waals surface area (Å²) in [6.45, 7) is 1.49. The Labute approximate surface area is 89.0 Å². The highest BCUT2D eigenvalue weighted by atomic mass is 32.2. The third-order valence-corrected chi connectivity index (χ3v) is 3.16. The standard InChI is InChI=1S/C9H14N2O3S/c1-7(12)6-11-15(13,14)9-4-2-3-8(10)5-9/h2-5,7,11-12H,6,10H2,1H3/t7-/m0/s1. The van der Waals surface area contributed by atoms with Gasteiger partial charge in [0.25, 0.3) is 0 Å². The Morgan fingerprint density at radius 2 is 2.20 bits per heavy atom. The molecule has 1 aromatic carbocycles. The third kappa shape index (κ3) is 3.50.